The Balaban J connectivity index is 1.68. The molecule has 0 unspecified atom stereocenters. The van der Waals surface area contributed by atoms with Gasteiger partial charge in [0.2, 0.25) is 5.91 Å². The third-order valence-corrected chi connectivity index (χ3v) is 5.66. The molecule has 3 aromatic rings. The number of hydrogen-bond acceptors (Lipinski definition) is 5. The maximum absolute atomic E-state index is 12.7. The number of allylic oxidation sites excluding steroid dienone is 1. The normalized spacial score (nSPS) is 11.8. The van der Waals surface area contributed by atoms with Crippen LogP contribution in [0.2, 0.25) is 0 Å². The third-order valence-electron chi connectivity index (χ3n) is 5.66. The molecule has 0 bridgehead atoms. The number of ether oxygens (including phenoxy) is 1. The molecule has 1 heterocycles. The molecule has 0 saturated carbocycles. The molecular formula is C27H31NO5. The van der Waals surface area contributed by atoms with Gasteiger partial charge < -0.3 is 19.6 Å². The number of benzene rings is 2. The van der Waals surface area contributed by atoms with Gasteiger partial charge in [-0.25, -0.2) is 4.79 Å². The minimum atomic E-state index is -0.779. The summed E-state index contributed by atoms with van der Waals surface area (Å²) < 4.78 is 11.4. The van der Waals surface area contributed by atoms with Gasteiger partial charge in [-0.2, -0.15) is 0 Å². The number of rotatable bonds is 9. The molecule has 0 radical (unpaired) electrons. The second-order valence-electron chi connectivity index (χ2n) is 8.38. The molecule has 0 aliphatic carbocycles. The summed E-state index contributed by atoms with van der Waals surface area (Å²) in [7, 11) is 0. The molecule has 1 amide bonds. The van der Waals surface area contributed by atoms with E-state index in [0.29, 0.717) is 23.5 Å². The van der Waals surface area contributed by atoms with Crippen LogP contribution >= 0.6 is 0 Å². The largest absolute Gasteiger partial charge is 0.489 e. The molecule has 6 nitrogen and oxygen atoms in total. The van der Waals surface area contributed by atoms with Gasteiger partial charge in [-0.1, -0.05) is 35.9 Å². The molecular weight excluding hydrogens is 418 g/mol. The fraction of sp³-hybridized carbons (Fsp3) is 0.333. The first-order chi connectivity index (χ1) is 15.8. The Morgan fingerprint density at radius 1 is 1.12 bits per heavy atom. The van der Waals surface area contributed by atoms with Gasteiger partial charge in [0.15, 0.2) is 0 Å². The molecule has 33 heavy (non-hydrogen) atoms. The lowest BCUT2D eigenvalue weighted by Crippen LogP contribution is -2.29. The van der Waals surface area contributed by atoms with Crippen molar-refractivity contribution >= 4 is 16.9 Å². The van der Waals surface area contributed by atoms with Crippen LogP contribution in [0, 0.1) is 13.8 Å². The van der Waals surface area contributed by atoms with Crippen molar-refractivity contribution in [2.24, 2.45) is 0 Å². The van der Waals surface area contributed by atoms with Crippen molar-refractivity contribution in [3.05, 3.63) is 86.8 Å². The average Bonchev–Trinajstić information content (AvgIpc) is 2.79. The van der Waals surface area contributed by atoms with Crippen molar-refractivity contribution in [3.63, 3.8) is 0 Å². The summed E-state index contributed by atoms with van der Waals surface area (Å²) in [6, 6.07) is 12.9. The van der Waals surface area contributed by atoms with Gasteiger partial charge in [-0.05, 0) is 63.5 Å². The van der Waals surface area contributed by atoms with E-state index in [-0.39, 0.29) is 25.3 Å². The Hall–Kier alpha value is -3.38. The molecule has 6 heteroatoms. The fourth-order valence-corrected chi connectivity index (χ4v) is 3.64. The van der Waals surface area contributed by atoms with Crippen LogP contribution in [0.3, 0.4) is 0 Å². The molecule has 1 atom stereocenters. The Bertz CT molecular complexity index is 1210. The number of nitrogens with one attached hydrogen (secondary N) is 1. The van der Waals surface area contributed by atoms with E-state index in [1.807, 2.05) is 64.1 Å². The van der Waals surface area contributed by atoms with Crippen LogP contribution in [0.15, 0.2) is 63.3 Å². The highest BCUT2D eigenvalue weighted by Gasteiger charge is 2.17. The number of hydrogen-bond donors (Lipinski definition) is 2. The highest BCUT2D eigenvalue weighted by atomic mass is 16.5. The SMILES string of the molecule is CC(C)=CCOc1ccc2c(C)c(CCC(=O)NC[C@@H](O)c3ccccc3)c(=O)oc2c1C. The Labute approximate surface area is 193 Å². The van der Waals surface area contributed by atoms with Gasteiger partial charge in [-0.15, -0.1) is 0 Å². The molecule has 174 valence electrons. The lowest BCUT2D eigenvalue weighted by atomic mass is 10.00. The number of aryl methyl sites for hydroxylation is 2. The Morgan fingerprint density at radius 3 is 2.55 bits per heavy atom. The first kappa shape index (κ1) is 24.3. The number of amides is 1. The Kier molecular flexibility index (Phi) is 8.06. The number of aliphatic hydroxyl groups is 1. The standard InChI is InChI=1S/C27H31NO5/c1-17(2)14-15-32-24-12-10-21-18(3)22(27(31)33-26(21)19(24)4)11-13-25(30)28-16-23(29)20-8-6-5-7-9-20/h5-10,12,14,23,29H,11,13,15-16H2,1-4H3,(H,28,30)/t23-/m1/s1. The van der Waals surface area contributed by atoms with Crippen molar-refractivity contribution in [2.75, 3.05) is 13.2 Å². The lowest BCUT2D eigenvalue weighted by Gasteiger charge is -2.14. The number of fused-ring (bicyclic) bond motifs is 1. The summed E-state index contributed by atoms with van der Waals surface area (Å²) in [5.41, 5.74) is 4.03. The van der Waals surface area contributed by atoms with Crippen molar-refractivity contribution in [2.45, 2.75) is 46.6 Å². The van der Waals surface area contributed by atoms with Gasteiger partial charge >= 0.3 is 5.63 Å². The smallest absolute Gasteiger partial charge is 0.339 e. The van der Waals surface area contributed by atoms with Crippen molar-refractivity contribution in [3.8, 4) is 5.75 Å². The molecule has 1 aromatic heterocycles. The molecule has 0 spiro atoms. The summed E-state index contributed by atoms with van der Waals surface area (Å²) in [4.78, 5) is 25.0. The highest BCUT2D eigenvalue weighted by Crippen LogP contribution is 2.29. The van der Waals surface area contributed by atoms with Gasteiger partial charge in [0.05, 0.1) is 6.10 Å². The molecule has 3 rings (SSSR count). The highest BCUT2D eigenvalue weighted by molar-refractivity contribution is 5.86. The van der Waals surface area contributed by atoms with Crippen molar-refractivity contribution in [1.29, 1.82) is 0 Å². The van der Waals surface area contributed by atoms with E-state index in [0.717, 1.165) is 22.1 Å². The predicted molar refractivity (Wildman–Crippen MR) is 130 cm³/mol. The molecule has 0 aliphatic rings. The first-order valence-corrected chi connectivity index (χ1v) is 11.1. The minimum absolute atomic E-state index is 0.114. The van der Waals surface area contributed by atoms with E-state index in [9.17, 15) is 14.7 Å². The van der Waals surface area contributed by atoms with Crippen LogP contribution in [0.4, 0.5) is 0 Å². The number of aliphatic hydroxyl groups excluding tert-OH is 1. The second kappa shape index (κ2) is 11.0. The van der Waals surface area contributed by atoms with Crippen LogP contribution in [-0.2, 0) is 11.2 Å². The number of carbonyl (C=O) groups is 1. The van der Waals surface area contributed by atoms with Gasteiger partial charge in [-0.3, -0.25) is 4.79 Å². The van der Waals surface area contributed by atoms with Crippen molar-refractivity contribution in [1.82, 2.24) is 5.32 Å². The molecule has 0 fully saturated rings. The molecule has 0 saturated heterocycles. The quantitative estimate of drug-likeness (QED) is 0.370. The fourth-order valence-electron chi connectivity index (χ4n) is 3.64. The van der Waals surface area contributed by atoms with Crippen LogP contribution in [0.5, 0.6) is 5.75 Å². The molecule has 0 aliphatic heterocycles. The van der Waals surface area contributed by atoms with Crippen molar-refractivity contribution < 1.29 is 19.1 Å². The van der Waals surface area contributed by atoms with Crippen LogP contribution in [0.25, 0.3) is 11.0 Å². The monoisotopic (exact) mass is 449 g/mol. The molecule has 2 aromatic carbocycles. The lowest BCUT2D eigenvalue weighted by molar-refractivity contribution is -0.121. The average molecular weight is 450 g/mol. The topological polar surface area (TPSA) is 88.8 Å². The summed E-state index contributed by atoms with van der Waals surface area (Å²) in [6.07, 6.45) is 1.59. The maximum Gasteiger partial charge on any atom is 0.339 e. The van der Waals surface area contributed by atoms with E-state index in [2.05, 4.69) is 5.32 Å². The zero-order valence-electron chi connectivity index (χ0n) is 19.6. The summed E-state index contributed by atoms with van der Waals surface area (Å²) in [5.74, 6) is 0.440. The van der Waals surface area contributed by atoms with E-state index in [4.69, 9.17) is 9.15 Å². The van der Waals surface area contributed by atoms with E-state index in [1.165, 1.54) is 5.57 Å². The van der Waals surface area contributed by atoms with Gasteiger partial charge in [0.1, 0.15) is 17.9 Å². The minimum Gasteiger partial charge on any atom is -0.489 e. The zero-order chi connectivity index (χ0) is 24.0. The van der Waals surface area contributed by atoms with Crippen LogP contribution in [-0.4, -0.2) is 24.2 Å². The summed E-state index contributed by atoms with van der Waals surface area (Å²) >= 11 is 0. The van der Waals surface area contributed by atoms with Crippen LogP contribution < -0.4 is 15.7 Å². The maximum atomic E-state index is 12.7. The van der Waals surface area contributed by atoms with E-state index in [1.54, 1.807) is 12.1 Å². The summed E-state index contributed by atoms with van der Waals surface area (Å²) in [6.45, 7) is 8.31. The van der Waals surface area contributed by atoms with Crippen LogP contribution in [0.1, 0.15) is 48.6 Å². The van der Waals surface area contributed by atoms with E-state index >= 15 is 0 Å². The Morgan fingerprint density at radius 2 is 1.85 bits per heavy atom. The van der Waals surface area contributed by atoms with Gasteiger partial charge in [0.25, 0.3) is 0 Å². The van der Waals surface area contributed by atoms with Gasteiger partial charge in [0, 0.05) is 29.5 Å². The first-order valence-electron chi connectivity index (χ1n) is 11.1. The zero-order valence-corrected chi connectivity index (χ0v) is 19.6. The van der Waals surface area contributed by atoms with E-state index < -0.39 is 11.7 Å². The third kappa shape index (κ3) is 6.11. The predicted octanol–water partition coefficient (Wildman–Crippen LogP) is 4.54. The number of carbonyl (C=O) groups excluding carboxylic acids is 1. The summed E-state index contributed by atoms with van der Waals surface area (Å²) in [5, 5.41) is 13.8. The molecule has 2 N–H and O–H groups in total. The second-order valence-corrected chi connectivity index (χ2v) is 8.38.